The summed E-state index contributed by atoms with van der Waals surface area (Å²) in [5.74, 6) is -0.324. The van der Waals surface area contributed by atoms with Gasteiger partial charge in [0.05, 0.1) is 13.2 Å². The molecule has 0 spiro atoms. The van der Waals surface area contributed by atoms with E-state index in [1.54, 1.807) is 0 Å². The second-order valence-corrected chi connectivity index (χ2v) is 5.47. The Hall–Kier alpha value is -1.59. The average Bonchev–Trinajstić information content (AvgIpc) is 3.29. The maximum absolute atomic E-state index is 11.6. The van der Waals surface area contributed by atoms with Crippen molar-refractivity contribution in [3.8, 4) is 0 Å². The van der Waals surface area contributed by atoms with Crippen molar-refractivity contribution in [1.29, 1.82) is 0 Å². The van der Waals surface area contributed by atoms with Crippen LogP contribution in [0.15, 0.2) is 24.3 Å². The number of primary amides is 1. The van der Waals surface area contributed by atoms with Gasteiger partial charge in [0.25, 0.3) is 0 Å². The van der Waals surface area contributed by atoms with Crippen molar-refractivity contribution in [3.63, 3.8) is 0 Å². The Kier molecular flexibility index (Phi) is 3.89. The van der Waals surface area contributed by atoms with Crippen molar-refractivity contribution < 1.29 is 9.53 Å². The Morgan fingerprint density at radius 3 is 2.95 bits per heavy atom. The minimum absolute atomic E-state index is 0.324. The molecular formula is C15H21N3O2. The third-order valence-electron chi connectivity index (χ3n) is 3.92. The molecule has 1 amide bonds. The third kappa shape index (κ3) is 2.94. The van der Waals surface area contributed by atoms with E-state index in [1.165, 1.54) is 18.4 Å². The molecule has 3 N–H and O–H groups in total. The Labute approximate surface area is 119 Å². The number of nitrogens with two attached hydrogens (primary N) is 1. The molecule has 1 saturated heterocycles. The number of benzene rings is 1. The molecule has 1 aromatic carbocycles. The lowest BCUT2D eigenvalue weighted by Crippen LogP contribution is -2.53. The standard InChI is InChI=1S/C15H21N3O2/c16-15(19)14-10-20-8-7-18(14)13-4-2-1-3-11(13)9-17-12-5-6-12/h1-4,12,14,17H,5-10H2,(H2,16,19). The number of nitrogens with zero attached hydrogens (tertiary/aromatic N) is 1. The lowest BCUT2D eigenvalue weighted by atomic mass is 10.1. The summed E-state index contributed by atoms with van der Waals surface area (Å²) >= 11 is 0. The number of morpholine rings is 1. The Bertz CT molecular complexity index is 488. The molecule has 5 heteroatoms. The number of anilines is 1. The summed E-state index contributed by atoms with van der Waals surface area (Å²) in [4.78, 5) is 13.7. The van der Waals surface area contributed by atoms with Gasteiger partial charge in [0.15, 0.2) is 0 Å². The SMILES string of the molecule is NC(=O)C1COCCN1c1ccccc1CNC1CC1. The van der Waals surface area contributed by atoms with E-state index in [-0.39, 0.29) is 11.9 Å². The zero-order valence-corrected chi connectivity index (χ0v) is 11.5. The van der Waals surface area contributed by atoms with Crippen LogP contribution >= 0.6 is 0 Å². The summed E-state index contributed by atoms with van der Waals surface area (Å²) in [6, 6.07) is 8.51. The molecule has 5 nitrogen and oxygen atoms in total. The highest BCUT2D eigenvalue weighted by atomic mass is 16.5. The number of para-hydroxylation sites is 1. The summed E-state index contributed by atoms with van der Waals surface area (Å²) in [5, 5.41) is 3.52. The highest BCUT2D eigenvalue weighted by Crippen LogP contribution is 2.26. The molecule has 2 aliphatic rings. The number of amides is 1. The Morgan fingerprint density at radius 2 is 2.20 bits per heavy atom. The number of carbonyl (C=O) groups is 1. The van der Waals surface area contributed by atoms with Crippen LogP contribution in [0.1, 0.15) is 18.4 Å². The zero-order valence-electron chi connectivity index (χ0n) is 11.5. The Balaban J connectivity index is 1.81. The van der Waals surface area contributed by atoms with E-state index in [1.807, 2.05) is 12.1 Å². The summed E-state index contributed by atoms with van der Waals surface area (Å²) in [5.41, 5.74) is 7.81. The summed E-state index contributed by atoms with van der Waals surface area (Å²) < 4.78 is 5.39. The molecule has 1 aliphatic carbocycles. The molecule has 1 saturated carbocycles. The lowest BCUT2D eigenvalue weighted by Gasteiger charge is -2.36. The van der Waals surface area contributed by atoms with Crippen LogP contribution in [0.2, 0.25) is 0 Å². The first-order valence-electron chi connectivity index (χ1n) is 7.20. The first-order chi connectivity index (χ1) is 9.75. The fourth-order valence-electron chi connectivity index (χ4n) is 2.61. The quantitative estimate of drug-likeness (QED) is 0.827. The van der Waals surface area contributed by atoms with Crippen molar-refractivity contribution >= 4 is 11.6 Å². The predicted octanol–water partition coefficient (Wildman–Crippen LogP) is 0.629. The number of hydrogen-bond donors (Lipinski definition) is 2. The van der Waals surface area contributed by atoms with Crippen LogP contribution in [-0.2, 0) is 16.1 Å². The van der Waals surface area contributed by atoms with E-state index in [0.717, 1.165) is 12.2 Å². The molecule has 1 aliphatic heterocycles. The van der Waals surface area contributed by atoms with Gasteiger partial charge in [-0.2, -0.15) is 0 Å². The number of nitrogens with one attached hydrogen (secondary N) is 1. The van der Waals surface area contributed by atoms with Crippen molar-refractivity contribution in [1.82, 2.24) is 5.32 Å². The number of hydrogen-bond acceptors (Lipinski definition) is 4. The fourth-order valence-corrected chi connectivity index (χ4v) is 2.61. The van der Waals surface area contributed by atoms with Gasteiger partial charge in [-0.05, 0) is 24.5 Å². The van der Waals surface area contributed by atoms with Crippen LogP contribution in [-0.4, -0.2) is 37.7 Å². The molecule has 0 radical (unpaired) electrons. The lowest BCUT2D eigenvalue weighted by molar-refractivity contribution is -0.121. The minimum atomic E-state index is -0.370. The highest BCUT2D eigenvalue weighted by molar-refractivity contribution is 5.84. The first kappa shape index (κ1) is 13.4. The van der Waals surface area contributed by atoms with E-state index in [9.17, 15) is 4.79 Å². The van der Waals surface area contributed by atoms with Gasteiger partial charge in [-0.3, -0.25) is 4.79 Å². The first-order valence-corrected chi connectivity index (χ1v) is 7.20. The summed E-state index contributed by atoms with van der Waals surface area (Å²) in [7, 11) is 0. The maximum atomic E-state index is 11.6. The third-order valence-corrected chi connectivity index (χ3v) is 3.92. The number of carbonyl (C=O) groups excluding carboxylic acids is 1. The maximum Gasteiger partial charge on any atom is 0.242 e. The molecule has 1 atom stereocenters. The van der Waals surface area contributed by atoms with Crippen molar-refractivity contribution in [3.05, 3.63) is 29.8 Å². The molecule has 108 valence electrons. The van der Waals surface area contributed by atoms with Crippen molar-refractivity contribution in [2.24, 2.45) is 5.73 Å². The molecular weight excluding hydrogens is 254 g/mol. The van der Waals surface area contributed by atoms with Gasteiger partial charge in [0.1, 0.15) is 6.04 Å². The summed E-state index contributed by atoms with van der Waals surface area (Å²) in [6.45, 7) is 2.55. The monoisotopic (exact) mass is 275 g/mol. The van der Waals surface area contributed by atoms with Crippen LogP contribution in [0.25, 0.3) is 0 Å². The van der Waals surface area contributed by atoms with Crippen LogP contribution in [0.5, 0.6) is 0 Å². The fraction of sp³-hybridized carbons (Fsp3) is 0.533. The Morgan fingerprint density at radius 1 is 1.40 bits per heavy atom. The second-order valence-electron chi connectivity index (χ2n) is 5.47. The smallest absolute Gasteiger partial charge is 0.242 e. The van der Waals surface area contributed by atoms with Gasteiger partial charge >= 0.3 is 0 Å². The average molecular weight is 275 g/mol. The summed E-state index contributed by atoms with van der Waals surface area (Å²) in [6.07, 6.45) is 2.53. The second kappa shape index (κ2) is 5.81. The molecule has 2 fully saturated rings. The normalized spacial score (nSPS) is 22.8. The molecule has 0 bridgehead atoms. The van der Waals surface area contributed by atoms with Gasteiger partial charge in [0.2, 0.25) is 5.91 Å². The molecule has 20 heavy (non-hydrogen) atoms. The van der Waals surface area contributed by atoms with Gasteiger partial charge in [-0.25, -0.2) is 0 Å². The molecule has 1 unspecified atom stereocenters. The van der Waals surface area contributed by atoms with Gasteiger partial charge in [0, 0.05) is 24.8 Å². The van der Waals surface area contributed by atoms with Crippen molar-refractivity contribution in [2.45, 2.75) is 31.5 Å². The van der Waals surface area contributed by atoms with Gasteiger partial charge in [-0.15, -0.1) is 0 Å². The molecule has 3 rings (SSSR count). The predicted molar refractivity (Wildman–Crippen MR) is 77.5 cm³/mol. The largest absolute Gasteiger partial charge is 0.377 e. The van der Waals surface area contributed by atoms with Gasteiger partial charge < -0.3 is 20.7 Å². The van der Waals surface area contributed by atoms with E-state index >= 15 is 0 Å². The molecule has 1 aromatic rings. The van der Waals surface area contributed by atoms with E-state index < -0.39 is 0 Å². The minimum Gasteiger partial charge on any atom is -0.377 e. The van der Waals surface area contributed by atoms with Crippen LogP contribution in [0.3, 0.4) is 0 Å². The van der Waals surface area contributed by atoms with E-state index in [2.05, 4.69) is 22.3 Å². The number of rotatable bonds is 5. The highest BCUT2D eigenvalue weighted by Gasteiger charge is 2.29. The van der Waals surface area contributed by atoms with Crippen LogP contribution in [0.4, 0.5) is 5.69 Å². The van der Waals surface area contributed by atoms with E-state index in [0.29, 0.717) is 25.8 Å². The van der Waals surface area contributed by atoms with Crippen LogP contribution in [0, 0.1) is 0 Å². The van der Waals surface area contributed by atoms with Crippen molar-refractivity contribution in [2.75, 3.05) is 24.7 Å². The topological polar surface area (TPSA) is 67.6 Å². The molecule has 0 aromatic heterocycles. The van der Waals surface area contributed by atoms with E-state index in [4.69, 9.17) is 10.5 Å². The van der Waals surface area contributed by atoms with Gasteiger partial charge in [-0.1, -0.05) is 18.2 Å². The molecule has 1 heterocycles. The zero-order chi connectivity index (χ0) is 13.9. The van der Waals surface area contributed by atoms with Crippen LogP contribution < -0.4 is 16.0 Å². The number of ether oxygens (including phenoxy) is 1.